The SMILES string of the molecule is CCCCCC[NH2+][C@@H](C)c1nc2ccccc2c(=O)n1-c1cccc(Cl)c1C. The van der Waals surface area contributed by atoms with E-state index >= 15 is 0 Å². The number of hydrogen-bond acceptors (Lipinski definition) is 2. The fourth-order valence-corrected chi connectivity index (χ4v) is 3.74. The Morgan fingerprint density at radius 3 is 2.68 bits per heavy atom. The molecule has 0 aliphatic carbocycles. The summed E-state index contributed by atoms with van der Waals surface area (Å²) in [6.07, 6.45) is 4.91. The standard InChI is InChI=1S/C23H28ClN3O/c1-4-5-6-9-15-25-17(3)22-26-20-13-8-7-11-18(20)23(28)27(22)21-14-10-12-19(24)16(21)2/h7-8,10-14,17,25H,4-6,9,15H2,1-3H3/p+1/t17-/m0/s1. The molecule has 0 unspecified atom stereocenters. The van der Waals surface area contributed by atoms with Gasteiger partial charge < -0.3 is 5.32 Å². The zero-order chi connectivity index (χ0) is 20.1. The van der Waals surface area contributed by atoms with Gasteiger partial charge in [0.25, 0.3) is 5.56 Å². The van der Waals surface area contributed by atoms with Crippen LogP contribution in [0.3, 0.4) is 0 Å². The maximum atomic E-state index is 13.4. The molecule has 0 amide bonds. The van der Waals surface area contributed by atoms with Gasteiger partial charge in [-0.3, -0.25) is 9.36 Å². The highest BCUT2D eigenvalue weighted by molar-refractivity contribution is 6.31. The number of unbranched alkanes of at least 4 members (excludes halogenated alkanes) is 3. The number of halogens is 1. The van der Waals surface area contributed by atoms with E-state index in [0.717, 1.165) is 29.1 Å². The van der Waals surface area contributed by atoms with Crippen molar-refractivity contribution < 1.29 is 5.32 Å². The van der Waals surface area contributed by atoms with Gasteiger partial charge in [0, 0.05) is 5.02 Å². The molecule has 1 heterocycles. The molecule has 1 aromatic heterocycles. The number of rotatable bonds is 8. The molecule has 0 bridgehead atoms. The Hall–Kier alpha value is -2.17. The fraction of sp³-hybridized carbons (Fsp3) is 0.391. The summed E-state index contributed by atoms with van der Waals surface area (Å²) in [5.41, 5.74) is 2.39. The maximum absolute atomic E-state index is 13.4. The molecule has 0 spiro atoms. The molecule has 2 N–H and O–H groups in total. The molecule has 148 valence electrons. The molecule has 0 aliphatic heterocycles. The number of benzene rings is 2. The van der Waals surface area contributed by atoms with E-state index in [9.17, 15) is 4.79 Å². The lowest BCUT2D eigenvalue weighted by Gasteiger charge is -2.19. The predicted molar refractivity (Wildman–Crippen MR) is 116 cm³/mol. The first-order valence-electron chi connectivity index (χ1n) is 10.1. The van der Waals surface area contributed by atoms with Gasteiger partial charge >= 0.3 is 0 Å². The van der Waals surface area contributed by atoms with Crippen molar-refractivity contribution in [3.63, 3.8) is 0 Å². The van der Waals surface area contributed by atoms with Crippen LogP contribution in [0, 0.1) is 6.92 Å². The molecular weight excluding hydrogens is 370 g/mol. The first-order valence-corrected chi connectivity index (χ1v) is 10.5. The van der Waals surface area contributed by atoms with Crippen LogP contribution in [0.4, 0.5) is 0 Å². The Labute approximate surface area is 171 Å². The van der Waals surface area contributed by atoms with Crippen molar-refractivity contribution in [3.05, 3.63) is 69.2 Å². The lowest BCUT2D eigenvalue weighted by molar-refractivity contribution is -0.694. The minimum atomic E-state index is -0.0443. The number of nitrogens with zero attached hydrogens (tertiary/aromatic N) is 2. The Morgan fingerprint density at radius 1 is 1.11 bits per heavy atom. The van der Waals surface area contributed by atoms with E-state index in [4.69, 9.17) is 16.6 Å². The van der Waals surface area contributed by atoms with Gasteiger partial charge in [0.1, 0.15) is 6.04 Å². The van der Waals surface area contributed by atoms with E-state index in [0.29, 0.717) is 10.4 Å². The van der Waals surface area contributed by atoms with E-state index < -0.39 is 0 Å². The van der Waals surface area contributed by atoms with Crippen LogP contribution in [-0.4, -0.2) is 16.1 Å². The minimum Gasteiger partial charge on any atom is -0.338 e. The fourth-order valence-electron chi connectivity index (χ4n) is 3.57. The van der Waals surface area contributed by atoms with Gasteiger partial charge in [-0.1, -0.05) is 49.6 Å². The summed E-state index contributed by atoms with van der Waals surface area (Å²) in [6, 6.07) is 13.3. The number of hydrogen-bond donors (Lipinski definition) is 1. The monoisotopic (exact) mass is 398 g/mol. The van der Waals surface area contributed by atoms with Crippen LogP contribution in [-0.2, 0) is 0 Å². The van der Waals surface area contributed by atoms with E-state index in [-0.39, 0.29) is 11.6 Å². The second kappa shape index (κ2) is 9.35. The van der Waals surface area contributed by atoms with Crippen LogP contribution < -0.4 is 10.9 Å². The predicted octanol–water partition coefficient (Wildman–Crippen LogP) is 4.55. The van der Waals surface area contributed by atoms with Gasteiger partial charge in [0.2, 0.25) is 0 Å². The maximum Gasteiger partial charge on any atom is 0.266 e. The Kier molecular flexibility index (Phi) is 6.87. The highest BCUT2D eigenvalue weighted by Gasteiger charge is 2.21. The molecule has 0 aliphatic rings. The molecule has 4 nitrogen and oxygen atoms in total. The average molecular weight is 399 g/mol. The van der Waals surface area contributed by atoms with Crippen LogP contribution in [0.25, 0.3) is 16.6 Å². The van der Waals surface area contributed by atoms with E-state index in [1.165, 1.54) is 25.7 Å². The molecule has 5 heteroatoms. The highest BCUT2D eigenvalue weighted by Crippen LogP contribution is 2.24. The number of quaternary nitrogens is 1. The summed E-state index contributed by atoms with van der Waals surface area (Å²) in [6.45, 7) is 7.31. The molecule has 3 rings (SSSR count). The smallest absolute Gasteiger partial charge is 0.266 e. The third-order valence-electron chi connectivity index (χ3n) is 5.27. The second-order valence-electron chi connectivity index (χ2n) is 7.39. The number of aromatic nitrogens is 2. The third kappa shape index (κ3) is 4.29. The van der Waals surface area contributed by atoms with E-state index in [1.807, 2.05) is 49.4 Å². The minimum absolute atomic E-state index is 0.0443. The van der Waals surface area contributed by atoms with E-state index in [2.05, 4.69) is 19.2 Å². The van der Waals surface area contributed by atoms with Crippen molar-refractivity contribution >= 4 is 22.5 Å². The summed E-state index contributed by atoms with van der Waals surface area (Å²) >= 11 is 6.35. The van der Waals surface area contributed by atoms with Crippen molar-refractivity contribution in [1.82, 2.24) is 9.55 Å². The molecule has 0 saturated carbocycles. The Morgan fingerprint density at radius 2 is 1.89 bits per heavy atom. The lowest BCUT2D eigenvalue weighted by Crippen LogP contribution is -2.85. The largest absolute Gasteiger partial charge is 0.338 e. The summed E-state index contributed by atoms with van der Waals surface area (Å²) in [7, 11) is 0. The van der Waals surface area contributed by atoms with Crippen molar-refractivity contribution in [2.45, 2.75) is 52.5 Å². The van der Waals surface area contributed by atoms with Crippen LogP contribution in [0.1, 0.15) is 57.0 Å². The molecule has 2 aromatic carbocycles. The van der Waals surface area contributed by atoms with Gasteiger partial charge in [-0.2, -0.15) is 0 Å². The molecule has 1 atom stereocenters. The summed E-state index contributed by atoms with van der Waals surface area (Å²) in [5, 5.41) is 3.56. The molecule has 0 radical (unpaired) electrons. The van der Waals surface area contributed by atoms with Crippen molar-refractivity contribution in [2.24, 2.45) is 0 Å². The first kappa shape index (κ1) is 20.6. The van der Waals surface area contributed by atoms with Gasteiger partial charge in [-0.15, -0.1) is 0 Å². The zero-order valence-electron chi connectivity index (χ0n) is 16.9. The zero-order valence-corrected chi connectivity index (χ0v) is 17.7. The van der Waals surface area contributed by atoms with Crippen molar-refractivity contribution in [1.29, 1.82) is 0 Å². The van der Waals surface area contributed by atoms with Gasteiger partial charge in [-0.25, -0.2) is 4.98 Å². The Balaban J connectivity index is 2.07. The summed E-state index contributed by atoms with van der Waals surface area (Å²) in [4.78, 5) is 18.3. The molecule has 0 saturated heterocycles. The number of para-hydroxylation sites is 1. The summed E-state index contributed by atoms with van der Waals surface area (Å²) in [5.74, 6) is 0.768. The third-order valence-corrected chi connectivity index (χ3v) is 5.68. The van der Waals surface area contributed by atoms with Crippen LogP contribution in [0.2, 0.25) is 5.02 Å². The van der Waals surface area contributed by atoms with Crippen molar-refractivity contribution in [2.75, 3.05) is 6.54 Å². The summed E-state index contributed by atoms with van der Waals surface area (Å²) < 4.78 is 1.75. The molecular formula is C23H29ClN3O+. The van der Waals surface area contributed by atoms with Crippen LogP contribution in [0.15, 0.2) is 47.3 Å². The number of nitrogens with two attached hydrogens (primary N) is 1. The van der Waals surface area contributed by atoms with Gasteiger partial charge in [-0.05, 0) is 56.5 Å². The second-order valence-corrected chi connectivity index (χ2v) is 7.79. The normalized spacial score (nSPS) is 12.4. The van der Waals surface area contributed by atoms with Crippen molar-refractivity contribution in [3.8, 4) is 5.69 Å². The quantitative estimate of drug-likeness (QED) is 0.566. The van der Waals surface area contributed by atoms with Crippen LogP contribution in [0.5, 0.6) is 0 Å². The topological polar surface area (TPSA) is 51.5 Å². The highest BCUT2D eigenvalue weighted by atomic mass is 35.5. The molecule has 0 fully saturated rings. The van der Waals surface area contributed by atoms with Gasteiger partial charge in [0.05, 0.1) is 23.1 Å². The number of fused-ring (bicyclic) bond motifs is 1. The molecule has 28 heavy (non-hydrogen) atoms. The van der Waals surface area contributed by atoms with Crippen LogP contribution >= 0.6 is 11.6 Å². The average Bonchev–Trinajstić information content (AvgIpc) is 2.70. The van der Waals surface area contributed by atoms with Gasteiger partial charge in [0.15, 0.2) is 5.82 Å². The Bertz CT molecular complexity index is 1010. The van der Waals surface area contributed by atoms with E-state index in [1.54, 1.807) is 4.57 Å². The molecule has 3 aromatic rings. The first-order chi connectivity index (χ1) is 13.5. The lowest BCUT2D eigenvalue weighted by atomic mass is 10.1.